The number of aliphatic imine (C=N–C) groups is 1. The zero-order chi connectivity index (χ0) is 19.6. The van der Waals surface area contributed by atoms with Crippen LogP contribution >= 0.6 is 0 Å². The molecule has 8 nitrogen and oxygen atoms in total. The van der Waals surface area contributed by atoms with Crippen molar-refractivity contribution < 1.29 is 9.84 Å². The van der Waals surface area contributed by atoms with Gasteiger partial charge in [0.1, 0.15) is 18.6 Å². The van der Waals surface area contributed by atoms with Crippen molar-refractivity contribution in [1.82, 2.24) is 25.4 Å². The Labute approximate surface area is 160 Å². The van der Waals surface area contributed by atoms with Crippen molar-refractivity contribution in [2.75, 3.05) is 13.1 Å². The monoisotopic (exact) mass is 374 g/mol. The summed E-state index contributed by atoms with van der Waals surface area (Å²) < 4.78 is 7.57. The molecular formula is C19H30N6O2. The molecule has 0 saturated heterocycles. The van der Waals surface area contributed by atoms with Gasteiger partial charge < -0.3 is 25.0 Å². The highest BCUT2D eigenvalue weighted by Gasteiger charge is 2.10. The Balaban J connectivity index is 1.93. The average molecular weight is 374 g/mol. The van der Waals surface area contributed by atoms with Gasteiger partial charge in [-0.25, -0.2) is 4.99 Å². The van der Waals surface area contributed by atoms with Gasteiger partial charge in [-0.3, -0.25) is 0 Å². The van der Waals surface area contributed by atoms with Crippen LogP contribution in [0.2, 0.25) is 0 Å². The van der Waals surface area contributed by atoms with Crippen LogP contribution < -0.4 is 15.4 Å². The van der Waals surface area contributed by atoms with Gasteiger partial charge in [0, 0.05) is 19.6 Å². The fraction of sp³-hybridized carbons (Fsp3) is 0.526. The third-order valence-electron chi connectivity index (χ3n) is 3.86. The molecule has 2 rings (SSSR count). The van der Waals surface area contributed by atoms with E-state index in [4.69, 9.17) is 4.74 Å². The molecule has 0 radical (unpaired) electrons. The van der Waals surface area contributed by atoms with Crippen molar-refractivity contribution in [2.24, 2.45) is 4.99 Å². The zero-order valence-corrected chi connectivity index (χ0v) is 16.5. The number of aliphatic hydroxyl groups is 1. The molecule has 0 aliphatic heterocycles. The molecule has 27 heavy (non-hydrogen) atoms. The van der Waals surface area contributed by atoms with Gasteiger partial charge in [0.25, 0.3) is 0 Å². The molecule has 1 atom stereocenters. The highest BCUT2D eigenvalue weighted by Crippen LogP contribution is 2.18. The summed E-state index contributed by atoms with van der Waals surface area (Å²) in [5.41, 5.74) is 0.820. The van der Waals surface area contributed by atoms with Crippen LogP contribution in [-0.2, 0) is 13.1 Å². The Morgan fingerprint density at radius 3 is 2.59 bits per heavy atom. The zero-order valence-electron chi connectivity index (χ0n) is 16.5. The fourth-order valence-electron chi connectivity index (χ4n) is 2.51. The third-order valence-corrected chi connectivity index (χ3v) is 3.86. The fourth-order valence-corrected chi connectivity index (χ4v) is 2.51. The van der Waals surface area contributed by atoms with Crippen LogP contribution in [0.3, 0.4) is 0 Å². The van der Waals surface area contributed by atoms with Crippen molar-refractivity contribution in [2.45, 2.75) is 53.0 Å². The molecule has 0 spiro atoms. The largest absolute Gasteiger partial charge is 0.491 e. The van der Waals surface area contributed by atoms with Crippen molar-refractivity contribution in [3.05, 3.63) is 42.0 Å². The van der Waals surface area contributed by atoms with Crippen LogP contribution in [0.15, 0.2) is 35.6 Å². The third kappa shape index (κ3) is 6.56. The van der Waals surface area contributed by atoms with Crippen molar-refractivity contribution in [3.63, 3.8) is 0 Å². The molecule has 0 bridgehead atoms. The van der Waals surface area contributed by atoms with Gasteiger partial charge in [0.2, 0.25) is 0 Å². The Bertz CT molecular complexity index is 711. The number of aromatic nitrogens is 3. The van der Waals surface area contributed by atoms with E-state index in [-0.39, 0.29) is 6.10 Å². The predicted octanol–water partition coefficient (Wildman–Crippen LogP) is 1.87. The molecule has 8 heteroatoms. The summed E-state index contributed by atoms with van der Waals surface area (Å²) in [5.74, 6) is 2.22. The summed E-state index contributed by atoms with van der Waals surface area (Å²) in [4.78, 5) is 4.52. The van der Waals surface area contributed by atoms with Gasteiger partial charge >= 0.3 is 0 Å². The highest BCUT2D eigenvalue weighted by atomic mass is 16.5. The molecule has 0 fully saturated rings. The number of aliphatic hydroxyl groups excluding tert-OH is 1. The lowest BCUT2D eigenvalue weighted by Crippen LogP contribution is -2.39. The van der Waals surface area contributed by atoms with Crippen LogP contribution in [0.4, 0.5) is 0 Å². The van der Waals surface area contributed by atoms with Crippen molar-refractivity contribution in [3.8, 4) is 5.75 Å². The lowest BCUT2D eigenvalue weighted by Gasteiger charge is -2.16. The minimum absolute atomic E-state index is 0.125. The standard InChI is InChI=1S/C19H30N6O2/c1-5-20-19(22-12-18-24-23-13-25(18)6-2)21-11-17(26)15-7-9-16(10-8-15)27-14(3)4/h7-10,13-14,17,26H,5-6,11-12H2,1-4H3,(H2,20,21,22). The minimum Gasteiger partial charge on any atom is -0.491 e. The summed E-state index contributed by atoms with van der Waals surface area (Å²) in [5, 5.41) is 24.8. The SMILES string of the molecule is CCNC(=NCc1nncn1CC)NCC(O)c1ccc(OC(C)C)cc1. The van der Waals surface area contributed by atoms with Crippen molar-refractivity contribution >= 4 is 5.96 Å². The Morgan fingerprint density at radius 2 is 1.96 bits per heavy atom. The highest BCUT2D eigenvalue weighted by molar-refractivity contribution is 5.79. The maximum Gasteiger partial charge on any atom is 0.191 e. The van der Waals surface area contributed by atoms with E-state index in [1.54, 1.807) is 6.33 Å². The van der Waals surface area contributed by atoms with Gasteiger partial charge in [-0.2, -0.15) is 0 Å². The average Bonchev–Trinajstić information content (AvgIpc) is 3.11. The maximum absolute atomic E-state index is 10.4. The summed E-state index contributed by atoms with van der Waals surface area (Å²) in [6, 6.07) is 7.49. The maximum atomic E-state index is 10.4. The molecule has 1 unspecified atom stereocenters. The Hall–Kier alpha value is -2.61. The van der Waals surface area contributed by atoms with E-state index in [1.165, 1.54) is 0 Å². The molecule has 1 heterocycles. The molecule has 1 aromatic carbocycles. The van der Waals surface area contributed by atoms with Gasteiger partial charge in [0.15, 0.2) is 11.8 Å². The van der Waals surface area contributed by atoms with E-state index >= 15 is 0 Å². The first kappa shape index (κ1) is 20.7. The summed E-state index contributed by atoms with van der Waals surface area (Å²) in [7, 11) is 0. The first-order valence-electron chi connectivity index (χ1n) is 9.37. The van der Waals surface area contributed by atoms with E-state index in [9.17, 15) is 5.11 Å². The number of nitrogens with zero attached hydrogens (tertiary/aromatic N) is 4. The molecule has 148 valence electrons. The number of ether oxygens (including phenoxy) is 1. The van der Waals surface area contributed by atoms with E-state index in [0.29, 0.717) is 19.0 Å². The molecule has 1 aromatic heterocycles. The molecule has 0 saturated carbocycles. The van der Waals surface area contributed by atoms with Gasteiger partial charge in [0.05, 0.1) is 12.2 Å². The summed E-state index contributed by atoms with van der Waals surface area (Å²) >= 11 is 0. The van der Waals surface area contributed by atoms with Gasteiger partial charge in [-0.05, 0) is 45.4 Å². The molecule has 0 aliphatic rings. The van der Waals surface area contributed by atoms with Crippen molar-refractivity contribution in [1.29, 1.82) is 0 Å². The second-order valence-electron chi connectivity index (χ2n) is 6.36. The lowest BCUT2D eigenvalue weighted by atomic mass is 10.1. The number of benzene rings is 1. The van der Waals surface area contributed by atoms with E-state index < -0.39 is 6.10 Å². The van der Waals surface area contributed by atoms with Crippen LogP contribution in [-0.4, -0.2) is 45.0 Å². The first-order chi connectivity index (χ1) is 13.0. The molecule has 0 aliphatic carbocycles. The number of guanidine groups is 1. The smallest absolute Gasteiger partial charge is 0.191 e. The Kier molecular flexibility index (Phi) is 8.06. The quantitative estimate of drug-likeness (QED) is 0.458. The van der Waals surface area contributed by atoms with Crippen LogP contribution in [0, 0.1) is 0 Å². The van der Waals surface area contributed by atoms with Crippen LogP contribution in [0.25, 0.3) is 0 Å². The van der Waals surface area contributed by atoms with Crippen LogP contribution in [0.1, 0.15) is 45.2 Å². The van der Waals surface area contributed by atoms with Gasteiger partial charge in [-0.1, -0.05) is 12.1 Å². The molecule has 0 amide bonds. The van der Waals surface area contributed by atoms with E-state index in [2.05, 4.69) is 25.8 Å². The second-order valence-corrected chi connectivity index (χ2v) is 6.36. The topological polar surface area (TPSA) is 96.6 Å². The number of hydrogen-bond acceptors (Lipinski definition) is 5. The second kappa shape index (κ2) is 10.5. The summed E-state index contributed by atoms with van der Waals surface area (Å²) in [6.07, 6.45) is 1.17. The molecule has 2 aromatic rings. The van der Waals surface area contributed by atoms with Gasteiger partial charge in [-0.15, -0.1) is 10.2 Å². The van der Waals surface area contributed by atoms with Crippen LogP contribution in [0.5, 0.6) is 5.75 Å². The molecular weight excluding hydrogens is 344 g/mol. The number of rotatable bonds is 9. The molecule has 3 N–H and O–H groups in total. The number of nitrogens with one attached hydrogen (secondary N) is 2. The predicted molar refractivity (Wildman–Crippen MR) is 106 cm³/mol. The number of aryl methyl sites for hydroxylation is 1. The Morgan fingerprint density at radius 1 is 1.22 bits per heavy atom. The van der Waals surface area contributed by atoms with E-state index in [0.717, 1.165) is 30.2 Å². The normalized spacial score (nSPS) is 12.9. The first-order valence-corrected chi connectivity index (χ1v) is 9.37. The number of hydrogen-bond donors (Lipinski definition) is 3. The van der Waals surface area contributed by atoms with E-state index in [1.807, 2.05) is 56.5 Å². The minimum atomic E-state index is -0.652. The summed E-state index contributed by atoms with van der Waals surface area (Å²) in [6.45, 7) is 10.3. The lowest BCUT2D eigenvalue weighted by molar-refractivity contribution is 0.180.